The number of hydrogen-bond donors (Lipinski definition) is 2. The van der Waals surface area contributed by atoms with Crippen molar-refractivity contribution in [1.29, 1.82) is 0 Å². The maximum absolute atomic E-state index is 14.6. The fourth-order valence-corrected chi connectivity index (χ4v) is 3.48. The van der Waals surface area contributed by atoms with Crippen molar-refractivity contribution >= 4 is 12.0 Å². The van der Waals surface area contributed by atoms with Crippen molar-refractivity contribution in [3.63, 3.8) is 0 Å². The second-order valence-electron chi connectivity index (χ2n) is 10.7. The monoisotopic (exact) mass is 546 g/mol. The van der Waals surface area contributed by atoms with Crippen molar-refractivity contribution < 1.29 is 14.3 Å². The van der Waals surface area contributed by atoms with Crippen molar-refractivity contribution in [2.45, 2.75) is 86.2 Å². The Kier molecular flexibility index (Phi) is 18.4. The van der Waals surface area contributed by atoms with Crippen LogP contribution in [-0.2, 0) is 4.79 Å². The molecule has 0 spiro atoms. The number of alkyl halides is 1. The Morgan fingerprint density at radius 1 is 1.18 bits per heavy atom. The summed E-state index contributed by atoms with van der Waals surface area (Å²) in [5, 5.41) is 15.6. The van der Waals surface area contributed by atoms with Crippen LogP contribution in [0.25, 0.3) is 0 Å². The average Bonchev–Trinajstić information content (AvgIpc) is 2.87. The van der Waals surface area contributed by atoms with E-state index in [9.17, 15) is 19.2 Å². The second-order valence-corrected chi connectivity index (χ2v) is 10.7. The van der Waals surface area contributed by atoms with Crippen LogP contribution in [0, 0.1) is 10.8 Å². The molecule has 1 atom stereocenters. The van der Waals surface area contributed by atoms with Crippen LogP contribution in [0.3, 0.4) is 0 Å². The van der Waals surface area contributed by atoms with E-state index in [2.05, 4.69) is 34.2 Å². The average molecular weight is 547 g/mol. The van der Waals surface area contributed by atoms with Gasteiger partial charge in [-0.3, -0.25) is 9.79 Å². The molecule has 0 aromatic heterocycles. The number of allylic oxidation sites excluding steroid dienone is 6. The first-order valence-corrected chi connectivity index (χ1v) is 13.9. The van der Waals surface area contributed by atoms with Gasteiger partial charge in [-0.1, -0.05) is 31.5 Å². The van der Waals surface area contributed by atoms with E-state index in [4.69, 9.17) is 0 Å². The minimum atomic E-state index is -1.41. The minimum Gasteiger partial charge on any atom is -0.515 e. The first kappa shape index (κ1) is 36.0. The Morgan fingerprint density at radius 2 is 1.87 bits per heavy atom. The number of aliphatic imine (C=N–C) groups is 1. The Hall–Kier alpha value is -3.03. The number of nitrogens with zero attached hydrogens (tertiary/aromatic N) is 3. The third-order valence-corrected chi connectivity index (χ3v) is 6.59. The van der Waals surface area contributed by atoms with Gasteiger partial charge in [-0.15, -0.1) is 0 Å². The number of Topliss-reactive ketones (excluding diaryl/α,β-unsaturated/α-hetero) is 1. The molecule has 39 heavy (non-hydrogen) atoms. The number of ketones is 1. The molecule has 0 aliphatic heterocycles. The van der Waals surface area contributed by atoms with E-state index in [0.29, 0.717) is 18.7 Å². The molecule has 0 aromatic rings. The molecule has 8 heteroatoms. The number of nitroso groups, excluding NO2 is 1. The van der Waals surface area contributed by atoms with Gasteiger partial charge < -0.3 is 15.3 Å². The highest BCUT2D eigenvalue weighted by Gasteiger charge is 2.26. The van der Waals surface area contributed by atoms with Crippen molar-refractivity contribution in [2.75, 3.05) is 33.2 Å². The summed E-state index contributed by atoms with van der Waals surface area (Å²) in [5.74, 6) is -0.0995. The van der Waals surface area contributed by atoms with Gasteiger partial charge in [0.15, 0.2) is 0 Å². The maximum Gasteiger partial charge on any atom is 0.134 e. The van der Waals surface area contributed by atoms with Gasteiger partial charge >= 0.3 is 0 Å². The largest absolute Gasteiger partial charge is 0.515 e. The van der Waals surface area contributed by atoms with Crippen LogP contribution in [0.2, 0.25) is 0 Å². The lowest BCUT2D eigenvalue weighted by molar-refractivity contribution is -0.116. The zero-order valence-corrected chi connectivity index (χ0v) is 25.4. The standard InChI is InChI=1S/C31H51FN4O3/c1-9-26(5)30(13-16-36(8)15-12-10-11-14-35-39)29(18-27(6)38)21-33-19-28(17-25(4)22-37)20-34-23-31(7,32)24(2)3/h13,16-17,20-22,24,33,37H,9-12,14-15,18-19,23H2,1-8H3/b16-13-,25-22+,28-17-,29-21-,30-26-,34-20-. The summed E-state index contributed by atoms with van der Waals surface area (Å²) in [6.45, 7) is 14.4. The number of nitrogens with one attached hydrogen (secondary N) is 1. The highest BCUT2D eigenvalue weighted by atomic mass is 19.1. The molecule has 0 rings (SSSR count). The predicted octanol–water partition coefficient (Wildman–Crippen LogP) is 7.39. The normalized spacial score (nSPS) is 15.6. The van der Waals surface area contributed by atoms with Crippen LogP contribution < -0.4 is 5.32 Å². The van der Waals surface area contributed by atoms with Crippen LogP contribution in [0.15, 0.2) is 68.8 Å². The number of unbranched alkanes of at least 4 members (excludes halogenated alkanes) is 2. The smallest absolute Gasteiger partial charge is 0.134 e. The van der Waals surface area contributed by atoms with Crippen LogP contribution in [-0.4, -0.2) is 60.9 Å². The first-order valence-electron chi connectivity index (χ1n) is 13.9. The predicted molar refractivity (Wildman–Crippen MR) is 163 cm³/mol. The molecule has 0 fully saturated rings. The zero-order valence-electron chi connectivity index (χ0n) is 25.4. The van der Waals surface area contributed by atoms with E-state index in [1.807, 2.05) is 39.4 Å². The van der Waals surface area contributed by atoms with Crippen molar-refractivity contribution in [3.8, 4) is 0 Å². The molecule has 0 aliphatic rings. The SMILES string of the molecule is CC/C(C)=C(/C=C\N(C)CCCCCN=O)C(=C/NCC(/C=N\CC(C)(F)C(C)C)=C/C(C)=C/O)\CC(C)=O. The van der Waals surface area contributed by atoms with Gasteiger partial charge in [0.2, 0.25) is 0 Å². The Labute approximate surface area is 235 Å². The van der Waals surface area contributed by atoms with Gasteiger partial charge in [0.1, 0.15) is 11.5 Å². The van der Waals surface area contributed by atoms with E-state index in [1.165, 1.54) is 5.57 Å². The van der Waals surface area contributed by atoms with Gasteiger partial charge in [0.05, 0.1) is 19.4 Å². The summed E-state index contributed by atoms with van der Waals surface area (Å²) in [4.78, 5) is 28.8. The molecule has 0 saturated carbocycles. The van der Waals surface area contributed by atoms with E-state index >= 15 is 0 Å². The highest BCUT2D eigenvalue weighted by Crippen LogP contribution is 2.23. The van der Waals surface area contributed by atoms with Gasteiger partial charge in [-0.05, 0) is 99.9 Å². The fourth-order valence-electron chi connectivity index (χ4n) is 3.48. The number of carbonyl (C=O) groups is 1. The van der Waals surface area contributed by atoms with Crippen molar-refractivity contribution in [3.05, 3.63) is 63.6 Å². The fraction of sp³-hybridized carbons (Fsp3) is 0.613. The molecule has 0 amide bonds. The Balaban J connectivity index is 5.81. The quantitative estimate of drug-likeness (QED) is 0.0546. The lowest BCUT2D eigenvalue weighted by Crippen LogP contribution is -2.29. The lowest BCUT2D eigenvalue weighted by Gasteiger charge is -2.22. The number of carbonyl (C=O) groups excluding carboxylic acids is 1. The first-order chi connectivity index (χ1) is 18.4. The van der Waals surface area contributed by atoms with Gasteiger partial charge in [0, 0.05) is 39.0 Å². The van der Waals surface area contributed by atoms with Crippen LogP contribution in [0.1, 0.15) is 80.6 Å². The molecule has 1 unspecified atom stereocenters. The molecule has 0 bridgehead atoms. The molecule has 0 heterocycles. The molecule has 7 nitrogen and oxygen atoms in total. The van der Waals surface area contributed by atoms with Crippen LogP contribution in [0.4, 0.5) is 4.39 Å². The molecule has 0 radical (unpaired) electrons. The lowest BCUT2D eigenvalue weighted by atomic mass is 9.95. The van der Waals surface area contributed by atoms with Gasteiger partial charge in [-0.2, -0.15) is 4.91 Å². The number of halogens is 1. The summed E-state index contributed by atoms with van der Waals surface area (Å²) >= 11 is 0. The Bertz CT molecular complexity index is 943. The highest BCUT2D eigenvalue weighted by molar-refractivity contribution is 5.80. The summed E-state index contributed by atoms with van der Waals surface area (Å²) in [5.41, 5.74) is 3.06. The molecule has 0 aliphatic carbocycles. The molecule has 0 saturated heterocycles. The molecule has 220 valence electrons. The van der Waals surface area contributed by atoms with E-state index in [0.717, 1.165) is 55.2 Å². The summed E-state index contributed by atoms with van der Waals surface area (Å²) in [6.07, 6.45) is 14.2. The minimum absolute atomic E-state index is 0.0458. The zero-order chi connectivity index (χ0) is 29.8. The van der Waals surface area contributed by atoms with Crippen LogP contribution >= 0.6 is 0 Å². The summed E-state index contributed by atoms with van der Waals surface area (Å²) in [6, 6.07) is 0. The number of aliphatic hydroxyl groups is 1. The van der Waals surface area contributed by atoms with E-state index < -0.39 is 5.67 Å². The van der Waals surface area contributed by atoms with Gasteiger partial charge in [-0.25, -0.2) is 4.39 Å². The third kappa shape index (κ3) is 16.5. The topological polar surface area (TPSA) is 94.4 Å². The second kappa shape index (κ2) is 20.0. The van der Waals surface area contributed by atoms with Crippen molar-refractivity contribution in [1.82, 2.24) is 10.2 Å². The third-order valence-electron chi connectivity index (χ3n) is 6.59. The number of rotatable bonds is 20. The molecular formula is C31H51FN4O3. The van der Waals surface area contributed by atoms with Crippen molar-refractivity contribution in [2.24, 2.45) is 16.1 Å². The van der Waals surface area contributed by atoms with E-state index in [-0.39, 0.29) is 24.7 Å². The molecular weight excluding hydrogens is 495 g/mol. The van der Waals surface area contributed by atoms with Crippen LogP contribution in [0.5, 0.6) is 0 Å². The summed E-state index contributed by atoms with van der Waals surface area (Å²) in [7, 11) is 2.01. The van der Waals surface area contributed by atoms with E-state index in [1.54, 1.807) is 33.1 Å². The van der Waals surface area contributed by atoms with Gasteiger partial charge in [0.25, 0.3) is 0 Å². The maximum atomic E-state index is 14.6. The Morgan fingerprint density at radius 3 is 2.44 bits per heavy atom. The number of aliphatic hydroxyl groups excluding tert-OH is 1. The molecule has 2 N–H and O–H groups in total. The number of hydrogen-bond acceptors (Lipinski definition) is 7. The molecule has 0 aromatic carbocycles. The summed E-state index contributed by atoms with van der Waals surface area (Å²) < 4.78 is 14.6.